The van der Waals surface area contributed by atoms with Gasteiger partial charge in [-0.2, -0.15) is 0 Å². The molecule has 5 atom stereocenters. The maximum absolute atomic E-state index is 12.0. The molecule has 0 spiro atoms. The normalized spacial score (nSPS) is 31.8. The summed E-state index contributed by atoms with van der Waals surface area (Å²) >= 11 is 0. The number of aliphatic hydroxyl groups is 4. The van der Waals surface area contributed by atoms with Crippen LogP contribution in [0.1, 0.15) is 21.5 Å². The lowest BCUT2D eigenvalue weighted by atomic mass is 9.99. The minimum atomic E-state index is -1.65. The van der Waals surface area contributed by atoms with E-state index in [2.05, 4.69) is 0 Å². The Balaban J connectivity index is 1.97. The third-order valence-corrected chi connectivity index (χ3v) is 3.81. The molecular formula is C15H20O7. The maximum atomic E-state index is 12.0. The molecule has 4 N–H and O–H groups in total. The fourth-order valence-corrected chi connectivity index (χ4v) is 2.18. The Morgan fingerprint density at radius 1 is 1.09 bits per heavy atom. The molecule has 0 bridgehead atoms. The van der Waals surface area contributed by atoms with Crippen molar-refractivity contribution in [1.82, 2.24) is 0 Å². The summed E-state index contributed by atoms with van der Waals surface area (Å²) < 4.78 is 9.97. The van der Waals surface area contributed by atoms with Crippen LogP contribution >= 0.6 is 0 Å². The van der Waals surface area contributed by atoms with Gasteiger partial charge in [-0.15, -0.1) is 0 Å². The third-order valence-electron chi connectivity index (χ3n) is 3.81. The molecule has 0 aromatic heterocycles. The van der Waals surface area contributed by atoms with Crippen molar-refractivity contribution in [1.29, 1.82) is 0 Å². The highest BCUT2D eigenvalue weighted by atomic mass is 16.6. The number of hydrogen-bond acceptors (Lipinski definition) is 7. The molecule has 1 saturated heterocycles. The summed E-state index contributed by atoms with van der Waals surface area (Å²) in [6.45, 7) is 3.44. The maximum Gasteiger partial charge on any atom is 0.338 e. The lowest BCUT2D eigenvalue weighted by Crippen LogP contribution is -2.58. The molecule has 0 aliphatic carbocycles. The zero-order chi connectivity index (χ0) is 16.4. The van der Waals surface area contributed by atoms with Crippen molar-refractivity contribution < 1.29 is 34.7 Å². The minimum Gasteiger partial charge on any atom is -0.459 e. The van der Waals surface area contributed by atoms with Crippen molar-refractivity contribution in [2.24, 2.45) is 0 Å². The van der Waals surface area contributed by atoms with E-state index in [1.165, 1.54) is 0 Å². The SMILES string of the molecule is Cc1ccc(C(=O)OC[C@H]2OC(O)[C@H](O)[C@@H](O)[C@H]2O)cc1C. The molecule has 1 aromatic carbocycles. The van der Waals surface area contributed by atoms with Crippen molar-refractivity contribution in [2.45, 2.75) is 44.6 Å². The lowest BCUT2D eigenvalue weighted by molar-refractivity contribution is -0.286. The van der Waals surface area contributed by atoms with E-state index in [-0.39, 0.29) is 6.61 Å². The summed E-state index contributed by atoms with van der Waals surface area (Å²) in [5.74, 6) is -0.603. The van der Waals surface area contributed by atoms with Crippen molar-refractivity contribution >= 4 is 5.97 Å². The number of rotatable bonds is 3. The molecule has 1 aromatic rings. The van der Waals surface area contributed by atoms with E-state index in [1.807, 2.05) is 13.8 Å². The predicted molar refractivity (Wildman–Crippen MR) is 75.1 cm³/mol. The molecular weight excluding hydrogens is 292 g/mol. The first-order valence-corrected chi connectivity index (χ1v) is 6.93. The second-order valence-corrected chi connectivity index (χ2v) is 5.43. The van der Waals surface area contributed by atoms with Gasteiger partial charge in [0, 0.05) is 0 Å². The van der Waals surface area contributed by atoms with Gasteiger partial charge in [-0.25, -0.2) is 4.79 Å². The fourth-order valence-electron chi connectivity index (χ4n) is 2.18. The first kappa shape index (κ1) is 16.9. The van der Waals surface area contributed by atoms with Crippen molar-refractivity contribution in [2.75, 3.05) is 6.61 Å². The zero-order valence-electron chi connectivity index (χ0n) is 12.3. The van der Waals surface area contributed by atoms with Gasteiger partial charge in [0.25, 0.3) is 0 Å². The molecule has 1 aliphatic rings. The molecule has 0 saturated carbocycles. The average Bonchev–Trinajstić information content (AvgIpc) is 2.49. The van der Waals surface area contributed by atoms with Crippen LogP contribution in [0.2, 0.25) is 0 Å². The Bertz CT molecular complexity index is 545. The van der Waals surface area contributed by atoms with E-state index in [4.69, 9.17) is 9.47 Å². The quantitative estimate of drug-likeness (QED) is 0.543. The number of aryl methyl sites for hydroxylation is 2. The summed E-state index contributed by atoms with van der Waals surface area (Å²) in [4.78, 5) is 12.0. The van der Waals surface area contributed by atoms with Crippen molar-refractivity contribution in [3.8, 4) is 0 Å². The van der Waals surface area contributed by atoms with E-state index in [1.54, 1.807) is 18.2 Å². The molecule has 7 heteroatoms. The molecule has 1 fully saturated rings. The van der Waals surface area contributed by atoms with E-state index >= 15 is 0 Å². The van der Waals surface area contributed by atoms with Crippen molar-refractivity contribution in [3.63, 3.8) is 0 Å². The Labute approximate surface area is 127 Å². The van der Waals surface area contributed by atoms with Gasteiger partial charge in [0.2, 0.25) is 0 Å². The van der Waals surface area contributed by atoms with E-state index in [0.717, 1.165) is 11.1 Å². The van der Waals surface area contributed by atoms with E-state index < -0.39 is 36.7 Å². The highest BCUT2D eigenvalue weighted by Crippen LogP contribution is 2.20. The number of ether oxygens (including phenoxy) is 2. The first-order valence-electron chi connectivity index (χ1n) is 6.93. The second kappa shape index (κ2) is 6.72. The second-order valence-electron chi connectivity index (χ2n) is 5.43. The Morgan fingerprint density at radius 2 is 1.77 bits per heavy atom. The first-order chi connectivity index (χ1) is 10.3. The fraction of sp³-hybridized carbons (Fsp3) is 0.533. The van der Waals surface area contributed by atoms with Crippen LogP contribution in [0.3, 0.4) is 0 Å². The van der Waals surface area contributed by atoms with Gasteiger partial charge in [0.05, 0.1) is 5.56 Å². The topological polar surface area (TPSA) is 116 Å². The van der Waals surface area contributed by atoms with Gasteiger partial charge in [-0.1, -0.05) is 6.07 Å². The molecule has 1 heterocycles. The van der Waals surface area contributed by atoms with Crippen LogP contribution in [0, 0.1) is 13.8 Å². The van der Waals surface area contributed by atoms with Gasteiger partial charge in [0.1, 0.15) is 31.0 Å². The third kappa shape index (κ3) is 3.45. The van der Waals surface area contributed by atoms with Crippen LogP contribution in [0.4, 0.5) is 0 Å². The molecule has 1 unspecified atom stereocenters. The molecule has 0 radical (unpaired) electrons. The van der Waals surface area contributed by atoms with Crippen LogP contribution in [0.5, 0.6) is 0 Å². The Kier molecular flexibility index (Phi) is 5.15. The number of benzene rings is 1. The largest absolute Gasteiger partial charge is 0.459 e. The molecule has 22 heavy (non-hydrogen) atoms. The van der Waals surface area contributed by atoms with Gasteiger partial charge < -0.3 is 29.9 Å². The number of aliphatic hydroxyl groups excluding tert-OH is 4. The lowest BCUT2D eigenvalue weighted by Gasteiger charge is -2.37. The van der Waals surface area contributed by atoms with Crippen LogP contribution in [-0.2, 0) is 9.47 Å². The highest BCUT2D eigenvalue weighted by Gasteiger charge is 2.43. The molecule has 1 aliphatic heterocycles. The molecule has 2 rings (SSSR count). The number of carbonyl (C=O) groups excluding carboxylic acids is 1. The zero-order valence-corrected chi connectivity index (χ0v) is 12.3. The standard InChI is InChI=1S/C15H20O7/c1-7-3-4-9(5-8(7)2)14(19)21-6-10-11(16)12(17)13(18)15(20)22-10/h3-5,10-13,15-18,20H,6H2,1-2H3/t10-,11+,12+,13-,15?/m1/s1. The molecule has 7 nitrogen and oxygen atoms in total. The smallest absolute Gasteiger partial charge is 0.338 e. The number of esters is 1. The summed E-state index contributed by atoms with van der Waals surface area (Å²) in [5, 5.41) is 38.1. The minimum absolute atomic E-state index is 0.353. The van der Waals surface area contributed by atoms with Crippen LogP contribution in [0.15, 0.2) is 18.2 Å². The van der Waals surface area contributed by atoms with Crippen LogP contribution in [0.25, 0.3) is 0 Å². The predicted octanol–water partition coefficient (Wildman–Crippen LogP) is -0.740. The Hall–Kier alpha value is -1.51. The van der Waals surface area contributed by atoms with E-state index in [9.17, 15) is 25.2 Å². The Morgan fingerprint density at radius 3 is 2.41 bits per heavy atom. The van der Waals surface area contributed by atoms with Gasteiger partial charge in [-0.05, 0) is 37.1 Å². The number of carbonyl (C=O) groups is 1. The highest BCUT2D eigenvalue weighted by molar-refractivity contribution is 5.89. The van der Waals surface area contributed by atoms with Crippen LogP contribution in [-0.4, -0.2) is 63.7 Å². The molecule has 0 amide bonds. The summed E-state index contributed by atoms with van der Waals surface area (Å²) in [6, 6.07) is 5.10. The summed E-state index contributed by atoms with van der Waals surface area (Å²) in [7, 11) is 0. The summed E-state index contributed by atoms with van der Waals surface area (Å²) in [5.41, 5.74) is 2.34. The van der Waals surface area contributed by atoms with Crippen molar-refractivity contribution in [3.05, 3.63) is 34.9 Å². The van der Waals surface area contributed by atoms with Gasteiger partial charge >= 0.3 is 5.97 Å². The molecule has 122 valence electrons. The monoisotopic (exact) mass is 312 g/mol. The average molecular weight is 312 g/mol. The van der Waals surface area contributed by atoms with Gasteiger partial charge in [0.15, 0.2) is 6.29 Å². The number of hydrogen-bond donors (Lipinski definition) is 4. The summed E-state index contributed by atoms with van der Waals surface area (Å²) in [6.07, 6.45) is -7.42. The van der Waals surface area contributed by atoms with Gasteiger partial charge in [-0.3, -0.25) is 0 Å². The van der Waals surface area contributed by atoms with Crippen LogP contribution < -0.4 is 0 Å². The van der Waals surface area contributed by atoms with E-state index in [0.29, 0.717) is 5.56 Å².